The molecule has 0 spiro atoms. The molecule has 0 aromatic heterocycles. The Labute approximate surface area is 95.8 Å². The summed E-state index contributed by atoms with van der Waals surface area (Å²) in [5, 5.41) is 9.94. The number of hydrogen-bond acceptors (Lipinski definition) is 2. The van der Waals surface area contributed by atoms with Gasteiger partial charge in [-0.3, -0.25) is 0 Å². The molecule has 1 rings (SSSR count). The van der Waals surface area contributed by atoms with Crippen LogP contribution in [-0.2, 0) is 0 Å². The first-order valence-corrected chi connectivity index (χ1v) is 5.46. The Balaban J connectivity index is 3.14. The molecule has 0 fully saturated rings. The molecule has 0 heterocycles. The molecule has 0 bridgehead atoms. The fourth-order valence-corrected chi connectivity index (χ4v) is 1.62. The molecule has 4 nitrogen and oxygen atoms in total. The van der Waals surface area contributed by atoms with E-state index in [4.69, 9.17) is 0 Å². The summed E-state index contributed by atoms with van der Waals surface area (Å²) in [7, 11) is 0. The molecular formula is C12H18N2O2. The van der Waals surface area contributed by atoms with Crippen LogP contribution in [0.4, 0.5) is 5.69 Å². The number of nitro groups is 1. The summed E-state index contributed by atoms with van der Waals surface area (Å²) in [6.07, 6.45) is 0. The number of rotatable bonds is 4. The smallest absolute Gasteiger partial charge is 0.162 e. The SMILES string of the molecule is CC(C)c1ccc(N[N+](=O)[O-])c(C(C)C)c1. The van der Waals surface area contributed by atoms with Gasteiger partial charge in [-0.05, 0) is 29.0 Å². The number of benzene rings is 1. The van der Waals surface area contributed by atoms with Gasteiger partial charge in [0, 0.05) is 0 Å². The van der Waals surface area contributed by atoms with Gasteiger partial charge < -0.3 is 0 Å². The largest absolute Gasteiger partial charge is 0.235 e. The summed E-state index contributed by atoms with van der Waals surface area (Å²) >= 11 is 0. The lowest BCUT2D eigenvalue weighted by molar-refractivity contribution is -0.445. The summed E-state index contributed by atoms with van der Waals surface area (Å²) < 4.78 is 0. The van der Waals surface area contributed by atoms with Crippen molar-refractivity contribution < 1.29 is 5.03 Å². The highest BCUT2D eigenvalue weighted by atomic mass is 16.7. The zero-order chi connectivity index (χ0) is 12.3. The van der Waals surface area contributed by atoms with Gasteiger partial charge in [0.1, 0.15) is 5.69 Å². The third-order valence-electron chi connectivity index (χ3n) is 2.58. The number of nitrogens with one attached hydrogen (secondary N) is 1. The Bertz CT molecular complexity index is 387. The van der Waals surface area contributed by atoms with Gasteiger partial charge in [-0.1, -0.05) is 39.8 Å². The summed E-state index contributed by atoms with van der Waals surface area (Å²) in [6.45, 7) is 8.29. The standard InChI is InChI=1S/C12H18N2O2/c1-8(2)10-5-6-12(13-14(15)16)11(7-10)9(3)4/h5-9,13H,1-4H3. The minimum atomic E-state index is -0.518. The highest BCUT2D eigenvalue weighted by Crippen LogP contribution is 2.28. The van der Waals surface area contributed by atoms with Crippen molar-refractivity contribution in [2.45, 2.75) is 39.5 Å². The average Bonchev–Trinajstić information content (AvgIpc) is 2.16. The van der Waals surface area contributed by atoms with Gasteiger partial charge in [-0.2, -0.15) is 0 Å². The third kappa shape index (κ3) is 2.95. The van der Waals surface area contributed by atoms with Crippen LogP contribution >= 0.6 is 0 Å². The first kappa shape index (κ1) is 12.5. The molecule has 1 aromatic rings. The third-order valence-corrected chi connectivity index (χ3v) is 2.58. The topological polar surface area (TPSA) is 55.2 Å². The lowest BCUT2D eigenvalue weighted by atomic mass is 9.94. The van der Waals surface area contributed by atoms with E-state index in [0.29, 0.717) is 11.6 Å². The second-order valence-electron chi connectivity index (χ2n) is 4.53. The van der Waals surface area contributed by atoms with Gasteiger partial charge >= 0.3 is 0 Å². The molecule has 88 valence electrons. The molecule has 0 aliphatic heterocycles. The predicted molar refractivity (Wildman–Crippen MR) is 65.2 cm³/mol. The maximum Gasteiger partial charge on any atom is 0.162 e. The quantitative estimate of drug-likeness (QED) is 0.626. The Morgan fingerprint density at radius 3 is 2.25 bits per heavy atom. The van der Waals surface area contributed by atoms with E-state index in [9.17, 15) is 10.1 Å². The number of nitrogens with zero attached hydrogens (tertiary/aromatic N) is 1. The van der Waals surface area contributed by atoms with Crippen LogP contribution in [0.2, 0.25) is 0 Å². The highest BCUT2D eigenvalue weighted by molar-refractivity contribution is 5.53. The van der Waals surface area contributed by atoms with Crippen LogP contribution in [0.15, 0.2) is 18.2 Å². The Kier molecular flexibility index (Phi) is 3.88. The van der Waals surface area contributed by atoms with Gasteiger partial charge in [0.25, 0.3) is 0 Å². The highest BCUT2D eigenvalue weighted by Gasteiger charge is 2.12. The number of anilines is 1. The summed E-state index contributed by atoms with van der Waals surface area (Å²) in [5.41, 5.74) is 5.03. The van der Waals surface area contributed by atoms with Crippen LogP contribution in [0.25, 0.3) is 0 Å². The van der Waals surface area contributed by atoms with Crippen molar-refractivity contribution in [2.75, 3.05) is 5.43 Å². The maximum absolute atomic E-state index is 10.5. The maximum atomic E-state index is 10.5. The van der Waals surface area contributed by atoms with E-state index >= 15 is 0 Å². The molecule has 0 aliphatic carbocycles. The predicted octanol–water partition coefficient (Wildman–Crippen LogP) is 3.54. The van der Waals surface area contributed by atoms with E-state index in [2.05, 4.69) is 19.3 Å². The fourth-order valence-electron chi connectivity index (χ4n) is 1.62. The van der Waals surface area contributed by atoms with E-state index in [-0.39, 0.29) is 5.92 Å². The van der Waals surface area contributed by atoms with Crippen molar-refractivity contribution in [2.24, 2.45) is 0 Å². The fraction of sp³-hybridized carbons (Fsp3) is 0.500. The molecule has 0 saturated heterocycles. The van der Waals surface area contributed by atoms with Crippen LogP contribution in [0, 0.1) is 10.1 Å². The van der Waals surface area contributed by atoms with E-state index in [1.54, 1.807) is 6.07 Å². The number of hydrazine groups is 1. The van der Waals surface area contributed by atoms with Crippen LogP contribution < -0.4 is 5.43 Å². The van der Waals surface area contributed by atoms with Crippen molar-refractivity contribution in [1.82, 2.24) is 0 Å². The van der Waals surface area contributed by atoms with Crippen molar-refractivity contribution in [3.05, 3.63) is 39.4 Å². The van der Waals surface area contributed by atoms with Crippen LogP contribution in [0.1, 0.15) is 50.7 Å². The van der Waals surface area contributed by atoms with Gasteiger partial charge in [0.2, 0.25) is 0 Å². The van der Waals surface area contributed by atoms with Crippen molar-refractivity contribution in [1.29, 1.82) is 0 Å². The van der Waals surface area contributed by atoms with Gasteiger partial charge in [0.05, 0.1) is 0 Å². The average molecular weight is 222 g/mol. The molecule has 0 radical (unpaired) electrons. The van der Waals surface area contributed by atoms with Crippen molar-refractivity contribution in [3.8, 4) is 0 Å². The van der Waals surface area contributed by atoms with E-state index in [0.717, 1.165) is 5.56 Å². The van der Waals surface area contributed by atoms with Crippen LogP contribution in [0.3, 0.4) is 0 Å². The van der Waals surface area contributed by atoms with Crippen LogP contribution in [-0.4, -0.2) is 5.03 Å². The molecule has 1 aromatic carbocycles. The van der Waals surface area contributed by atoms with Crippen LogP contribution in [0.5, 0.6) is 0 Å². The molecular weight excluding hydrogens is 204 g/mol. The van der Waals surface area contributed by atoms with Crippen molar-refractivity contribution >= 4 is 5.69 Å². The molecule has 0 unspecified atom stereocenters. The minimum absolute atomic E-state index is 0.265. The summed E-state index contributed by atoms with van der Waals surface area (Å²) in [4.78, 5) is 10.5. The van der Waals surface area contributed by atoms with Gasteiger partial charge in [-0.25, -0.2) is 10.1 Å². The van der Waals surface area contributed by atoms with Gasteiger partial charge in [0.15, 0.2) is 5.03 Å². The van der Waals surface area contributed by atoms with E-state index < -0.39 is 5.03 Å². The lowest BCUT2D eigenvalue weighted by Gasteiger charge is -2.14. The molecule has 0 atom stereocenters. The Hall–Kier alpha value is -1.58. The minimum Gasteiger partial charge on any atom is -0.235 e. The first-order valence-electron chi connectivity index (χ1n) is 5.46. The Morgan fingerprint density at radius 2 is 1.81 bits per heavy atom. The molecule has 0 amide bonds. The second-order valence-corrected chi connectivity index (χ2v) is 4.53. The molecule has 16 heavy (non-hydrogen) atoms. The molecule has 4 heteroatoms. The lowest BCUT2D eigenvalue weighted by Crippen LogP contribution is -2.10. The van der Waals surface area contributed by atoms with E-state index in [1.165, 1.54) is 5.56 Å². The van der Waals surface area contributed by atoms with E-state index in [1.807, 2.05) is 26.0 Å². The molecule has 0 aliphatic rings. The summed E-state index contributed by atoms with van der Waals surface area (Å²) in [6, 6.07) is 5.76. The monoisotopic (exact) mass is 222 g/mol. The van der Waals surface area contributed by atoms with Crippen molar-refractivity contribution in [3.63, 3.8) is 0 Å². The Morgan fingerprint density at radius 1 is 1.19 bits per heavy atom. The zero-order valence-electron chi connectivity index (χ0n) is 10.2. The summed E-state index contributed by atoms with van der Waals surface area (Å²) in [5.74, 6) is 0.698. The second kappa shape index (κ2) is 4.96. The number of hydrogen-bond donors (Lipinski definition) is 1. The molecule has 1 N–H and O–H groups in total. The normalized spacial score (nSPS) is 10.9. The first-order chi connectivity index (χ1) is 7.41. The van der Waals surface area contributed by atoms with Gasteiger partial charge in [-0.15, -0.1) is 5.43 Å². The molecule has 0 saturated carbocycles. The zero-order valence-corrected chi connectivity index (χ0v) is 10.2.